The number of allylic oxidation sites excluding steroid dienone is 1. The van der Waals surface area contributed by atoms with Crippen molar-refractivity contribution in [3.63, 3.8) is 0 Å². The number of ether oxygens (including phenoxy) is 1. The van der Waals surface area contributed by atoms with Gasteiger partial charge in [0, 0.05) is 26.4 Å². The number of hydrogen-bond acceptors (Lipinski definition) is 3. The molecule has 8 atom stereocenters. The minimum Gasteiger partial charge on any atom is -0.446 e. The molecule has 0 saturated heterocycles. The maximum absolute atomic E-state index is 12.3. The Balaban J connectivity index is 1.36. The molecule has 3 saturated carbocycles. The Kier molecular flexibility index (Phi) is 9.01. The summed E-state index contributed by atoms with van der Waals surface area (Å²) in [4.78, 5) is 23.7. The molecule has 4 unspecified atom stereocenters. The molecule has 5 nitrogen and oxygen atoms in total. The van der Waals surface area contributed by atoms with Gasteiger partial charge in [-0.15, -0.1) is 0 Å². The van der Waals surface area contributed by atoms with Crippen molar-refractivity contribution in [3.8, 4) is 0 Å². The molecule has 37 heavy (non-hydrogen) atoms. The first-order chi connectivity index (χ1) is 17.6. The number of hydrogen-bond donors (Lipinski definition) is 2. The van der Waals surface area contributed by atoms with Crippen molar-refractivity contribution < 1.29 is 14.3 Å². The molecule has 0 heterocycles. The molecule has 210 valence electrons. The SMILES string of the molecule is CNC(=O)CCNC(=O)O[C@H]1CCC2(C)C(=CC[C@H]3C2CCC2(C)C([C@H](C)CCCC(C)C)CC[C@@H]32)C1. The lowest BCUT2D eigenvalue weighted by Crippen LogP contribution is -2.51. The van der Waals surface area contributed by atoms with Crippen LogP contribution in [0.25, 0.3) is 0 Å². The van der Waals surface area contributed by atoms with Gasteiger partial charge in [0.05, 0.1) is 0 Å². The summed E-state index contributed by atoms with van der Waals surface area (Å²) in [5.74, 6) is 4.98. The van der Waals surface area contributed by atoms with E-state index in [1.165, 1.54) is 51.4 Å². The minimum atomic E-state index is -0.389. The van der Waals surface area contributed by atoms with Gasteiger partial charge >= 0.3 is 6.09 Å². The van der Waals surface area contributed by atoms with Crippen LogP contribution in [0.3, 0.4) is 0 Å². The number of fused-ring (bicyclic) bond motifs is 5. The van der Waals surface area contributed by atoms with Crippen LogP contribution in [0.2, 0.25) is 0 Å². The Labute approximate surface area is 226 Å². The van der Waals surface area contributed by atoms with Gasteiger partial charge in [-0.2, -0.15) is 0 Å². The zero-order valence-corrected chi connectivity index (χ0v) is 24.5. The van der Waals surface area contributed by atoms with E-state index in [1.54, 1.807) is 12.6 Å². The molecule has 2 N–H and O–H groups in total. The van der Waals surface area contributed by atoms with Crippen LogP contribution in [-0.2, 0) is 9.53 Å². The molecular formula is C32H54N2O3. The summed E-state index contributed by atoms with van der Waals surface area (Å²) in [5, 5.41) is 5.32. The summed E-state index contributed by atoms with van der Waals surface area (Å²) in [7, 11) is 1.61. The van der Waals surface area contributed by atoms with Crippen LogP contribution in [0.5, 0.6) is 0 Å². The fraction of sp³-hybridized carbons (Fsp3) is 0.875. The Morgan fingerprint density at radius 2 is 1.84 bits per heavy atom. The molecule has 0 aromatic carbocycles. The first kappa shape index (κ1) is 28.5. The third-order valence-corrected chi connectivity index (χ3v) is 11.4. The summed E-state index contributed by atoms with van der Waals surface area (Å²) in [6, 6.07) is 0. The molecule has 0 aliphatic heterocycles. The van der Waals surface area contributed by atoms with Crippen LogP contribution < -0.4 is 10.6 Å². The van der Waals surface area contributed by atoms with Gasteiger partial charge < -0.3 is 15.4 Å². The van der Waals surface area contributed by atoms with Crippen molar-refractivity contribution in [2.75, 3.05) is 13.6 Å². The maximum Gasteiger partial charge on any atom is 0.407 e. The van der Waals surface area contributed by atoms with E-state index in [2.05, 4.69) is 51.3 Å². The molecule has 0 radical (unpaired) electrons. The van der Waals surface area contributed by atoms with Gasteiger partial charge in [0.25, 0.3) is 0 Å². The average Bonchev–Trinajstić information content (AvgIpc) is 3.21. The van der Waals surface area contributed by atoms with Gasteiger partial charge in [-0.25, -0.2) is 4.79 Å². The smallest absolute Gasteiger partial charge is 0.407 e. The molecule has 0 aromatic heterocycles. The van der Waals surface area contributed by atoms with Crippen molar-refractivity contribution in [1.29, 1.82) is 0 Å². The molecule has 0 aromatic rings. The highest BCUT2D eigenvalue weighted by atomic mass is 16.6. The lowest BCUT2D eigenvalue weighted by molar-refractivity contribution is -0.120. The fourth-order valence-corrected chi connectivity index (χ4v) is 9.35. The summed E-state index contributed by atoms with van der Waals surface area (Å²) >= 11 is 0. The Morgan fingerprint density at radius 1 is 1.05 bits per heavy atom. The van der Waals surface area contributed by atoms with E-state index >= 15 is 0 Å². The zero-order valence-electron chi connectivity index (χ0n) is 24.5. The van der Waals surface area contributed by atoms with Gasteiger partial charge in [0.15, 0.2) is 0 Å². The monoisotopic (exact) mass is 514 g/mol. The third-order valence-electron chi connectivity index (χ3n) is 11.4. The molecule has 4 aliphatic rings. The molecule has 2 amide bonds. The number of carbonyl (C=O) groups excluding carboxylic acids is 2. The second-order valence-corrected chi connectivity index (χ2v) is 13.9. The predicted molar refractivity (Wildman–Crippen MR) is 150 cm³/mol. The molecule has 4 aliphatic carbocycles. The highest BCUT2D eigenvalue weighted by Gasteiger charge is 2.59. The normalized spacial score (nSPS) is 37.6. The lowest BCUT2D eigenvalue weighted by atomic mass is 9.47. The van der Waals surface area contributed by atoms with Crippen LogP contribution in [0.1, 0.15) is 112 Å². The minimum absolute atomic E-state index is 0.0488. The van der Waals surface area contributed by atoms with Gasteiger partial charge in [0.2, 0.25) is 5.91 Å². The Bertz CT molecular complexity index is 853. The van der Waals surface area contributed by atoms with Crippen LogP contribution in [0.4, 0.5) is 4.79 Å². The van der Waals surface area contributed by atoms with E-state index in [0.717, 1.165) is 54.8 Å². The van der Waals surface area contributed by atoms with Gasteiger partial charge in [-0.3, -0.25) is 4.79 Å². The van der Waals surface area contributed by atoms with Crippen molar-refractivity contribution in [1.82, 2.24) is 10.6 Å². The predicted octanol–water partition coefficient (Wildman–Crippen LogP) is 7.26. The second-order valence-electron chi connectivity index (χ2n) is 13.9. The lowest BCUT2D eigenvalue weighted by Gasteiger charge is -2.58. The van der Waals surface area contributed by atoms with Gasteiger partial charge in [0.1, 0.15) is 6.10 Å². The van der Waals surface area contributed by atoms with Gasteiger partial charge in [-0.05, 0) is 91.3 Å². The fourth-order valence-electron chi connectivity index (χ4n) is 9.35. The largest absolute Gasteiger partial charge is 0.446 e. The van der Waals surface area contributed by atoms with Crippen molar-refractivity contribution in [3.05, 3.63) is 11.6 Å². The van der Waals surface area contributed by atoms with Crippen LogP contribution in [0.15, 0.2) is 11.6 Å². The van der Waals surface area contributed by atoms with Gasteiger partial charge in [-0.1, -0.05) is 65.5 Å². The molecule has 4 rings (SSSR count). The van der Waals surface area contributed by atoms with E-state index in [1.807, 2.05) is 0 Å². The van der Waals surface area contributed by atoms with Crippen molar-refractivity contribution >= 4 is 12.0 Å². The second kappa shape index (κ2) is 11.7. The Morgan fingerprint density at radius 3 is 2.57 bits per heavy atom. The van der Waals surface area contributed by atoms with Crippen molar-refractivity contribution in [2.45, 2.75) is 118 Å². The first-order valence-electron chi connectivity index (χ1n) is 15.4. The van der Waals surface area contributed by atoms with E-state index in [-0.39, 0.29) is 29.9 Å². The summed E-state index contributed by atoms with van der Waals surface area (Å²) < 4.78 is 5.79. The Hall–Kier alpha value is -1.52. The van der Waals surface area contributed by atoms with E-state index in [0.29, 0.717) is 12.0 Å². The number of carbonyl (C=O) groups is 2. The quantitative estimate of drug-likeness (QED) is 0.318. The van der Waals surface area contributed by atoms with Crippen LogP contribution in [-0.4, -0.2) is 31.7 Å². The average molecular weight is 515 g/mol. The van der Waals surface area contributed by atoms with Crippen molar-refractivity contribution in [2.24, 2.45) is 46.3 Å². The molecule has 3 fully saturated rings. The summed E-state index contributed by atoms with van der Waals surface area (Å²) in [6.45, 7) is 12.8. The topological polar surface area (TPSA) is 67.4 Å². The third kappa shape index (κ3) is 5.91. The molecule has 0 bridgehead atoms. The summed E-state index contributed by atoms with van der Waals surface area (Å²) in [6.07, 6.45) is 16.4. The highest BCUT2D eigenvalue weighted by Crippen LogP contribution is 2.67. The van der Waals surface area contributed by atoms with Crippen LogP contribution in [0, 0.1) is 46.3 Å². The molecule has 5 heteroatoms. The maximum atomic E-state index is 12.3. The molecule has 0 spiro atoms. The van der Waals surface area contributed by atoms with E-state index in [4.69, 9.17) is 4.74 Å². The number of rotatable bonds is 9. The number of amides is 2. The number of alkyl carbamates (subject to hydrolysis) is 1. The zero-order chi connectivity index (χ0) is 26.8. The highest BCUT2D eigenvalue weighted by molar-refractivity contribution is 5.76. The molecular weight excluding hydrogens is 460 g/mol. The first-order valence-corrected chi connectivity index (χ1v) is 15.4. The van der Waals surface area contributed by atoms with Crippen LogP contribution >= 0.6 is 0 Å². The summed E-state index contributed by atoms with van der Waals surface area (Å²) in [5.41, 5.74) is 2.33. The van der Waals surface area contributed by atoms with E-state index in [9.17, 15) is 9.59 Å². The standard InChI is InChI=1S/C32H54N2O3/c1-21(2)8-7-9-22(3)26-12-13-27-25-11-10-23-20-24(37-30(36)34-19-16-29(35)33-6)14-17-31(23,4)28(25)15-18-32(26,27)5/h10,21-22,24-28H,7-9,11-20H2,1-6H3,(H,33,35)(H,34,36)/t22-,24+,25-,26?,27+,28?,31?,32?/m1/s1. The van der Waals surface area contributed by atoms with E-state index < -0.39 is 0 Å². The number of nitrogens with one attached hydrogen (secondary N) is 2.